The zero-order chi connectivity index (χ0) is 16.3. The molecule has 0 aromatic heterocycles. The van der Waals surface area contributed by atoms with Crippen molar-refractivity contribution in [3.05, 3.63) is 11.6 Å². The lowest BCUT2D eigenvalue weighted by molar-refractivity contribution is -0.0492. The van der Waals surface area contributed by atoms with Crippen LogP contribution in [0.15, 0.2) is 16.6 Å². The van der Waals surface area contributed by atoms with Crippen LogP contribution in [0.2, 0.25) is 0 Å². The lowest BCUT2D eigenvalue weighted by Crippen LogP contribution is -2.54. The molecule has 3 saturated carbocycles. The topological polar surface area (TPSA) is 36.4 Å². The fourth-order valence-corrected chi connectivity index (χ4v) is 7.31. The van der Waals surface area contributed by atoms with E-state index in [0.717, 1.165) is 35.4 Å². The molecule has 0 spiro atoms. The summed E-state index contributed by atoms with van der Waals surface area (Å²) in [6.07, 6.45) is 13.8. The maximum absolute atomic E-state index is 6.26. The summed E-state index contributed by atoms with van der Waals surface area (Å²) in [7, 11) is 0. The number of aliphatic imine (C=N–C) groups is 1. The minimum atomic E-state index is -0.424. The highest BCUT2D eigenvalue weighted by molar-refractivity contribution is 6.25. The predicted molar refractivity (Wildman–Crippen MR) is 98.9 cm³/mol. The van der Waals surface area contributed by atoms with Crippen LogP contribution in [0.25, 0.3) is 0 Å². The lowest BCUT2D eigenvalue weighted by Gasteiger charge is -2.57. The molecule has 1 aliphatic heterocycles. The van der Waals surface area contributed by atoms with Crippen LogP contribution in [0.4, 0.5) is 0 Å². The SMILES string of the molecule is ClC1N=C(C2=CCC3CCC4CCCC5CCC2C3C45)NC(Cl)N1. The number of hydrogen-bond acceptors (Lipinski definition) is 3. The van der Waals surface area contributed by atoms with E-state index in [1.54, 1.807) is 0 Å². The third-order valence-corrected chi connectivity index (χ3v) is 8.01. The number of nitrogens with one attached hydrogen (secondary N) is 2. The average molecular weight is 368 g/mol. The molecule has 5 aliphatic rings. The summed E-state index contributed by atoms with van der Waals surface area (Å²) in [4.78, 5) is 4.62. The highest BCUT2D eigenvalue weighted by atomic mass is 35.5. The number of halogens is 2. The highest BCUT2D eigenvalue weighted by Crippen LogP contribution is 2.59. The predicted octanol–water partition coefficient (Wildman–Crippen LogP) is 4.42. The number of alkyl halides is 2. The van der Waals surface area contributed by atoms with E-state index < -0.39 is 5.62 Å². The molecule has 24 heavy (non-hydrogen) atoms. The molecule has 0 saturated heterocycles. The Kier molecular flexibility index (Phi) is 4.11. The number of rotatable bonds is 1. The second-order valence-corrected chi connectivity index (χ2v) is 9.36. The Bertz CT molecular complexity index is 569. The smallest absolute Gasteiger partial charge is 0.180 e. The maximum Gasteiger partial charge on any atom is 0.180 e. The molecule has 5 rings (SSSR count). The monoisotopic (exact) mass is 367 g/mol. The minimum Gasteiger partial charge on any atom is -0.342 e. The van der Waals surface area contributed by atoms with Gasteiger partial charge in [-0.1, -0.05) is 48.5 Å². The minimum absolute atomic E-state index is 0.330. The second kappa shape index (κ2) is 6.17. The van der Waals surface area contributed by atoms with E-state index in [-0.39, 0.29) is 5.62 Å². The first-order valence-electron chi connectivity index (χ1n) is 9.79. The molecule has 0 aromatic rings. The van der Waals surface area contributed by atoms with Crippen molar-refractivity contribution in [2.45, 2.75) is 62.6 Å². The highest BCUT2D eigenvalue weighted by Gasteiger charge is 2.52. The van der Waals surface area contributed by atoms with Crippen LogP contribution in [-0.4, -0.2) is 17.1 Å². The van der Waals surface area contributed by atoms with Crippen molar-refractivity contribution in [3.63, 3.8) is 0 Å². The van der Waals surface area contributed by atoms with Gasteiger partial charge in [-0.15, -0.1) is 0 Å². The maximum atomic E-state index is 6.26. The summed E-state index contributed by atoms with van der Waals surface area (Å²) in [6.45, 7) is 0. The van der Waals surface area contributed by atoms with Crippen molar-refractivity contribution in [1.29, 1.82) is 0 Å². The lowest BCUT2D eigenvalue weighted by atomic mass is 9.48. The number of allylic oxidation sites excluding steroid dienone is 1. The summed E-state index contributed by atoms with van der Waals surface area (Å²) in [5.41, 5.74) is 0.662. The van der Waals surface area contributed by atoms with Gasteiger partial charge >= 0.3 is 0 Å². The first-order valence-corrected chi connectivity index (χ1v) is 10.7. The van der Waals surface area contributed by atoms with Crippen molar-refractivity contribution in [1.82, 2.24) is 10.6 Å². The van der Waals surface area contributed by atoms with Gasteiger partial charge in [0.2, 0.25) is 0 Å². The van der Waals surface area contributed by atoms with Gasteiger partial charge in [0.15, 0.2) is 11.2 Å². The molecule has 5 heteroatoms. The molecule has 132 valence electrons. The Morgan fingerprint density at radius 2 is 1.67 bits per heavy atom. The summed E-state index contributed by atoms with van der Waals surface area (Å²) in [5, 5.41) is 6.31. The molecule has 1 heterocycles. The molecule has 3 fully saturated rings. The third kappa shape index (κ3) is 2.54. The van der Waals surface area contributed by atoms with Crippen molar-refractivity contribution in [2.24, 2.45) is 40.5 Å². The molecule has 4 aliphatic carbocycles. The van der Waals surface area contributed by atoms with Crippen LogP contribution in [0.5, 0.6) is 0 Å². The number of amidine groups is 1. The third-order valence-electron chi connectivity index (χ3n) is 7.55. The molecular weight excluding hydrogens is 341 g/mol. The summed E-state index contributed by atoms with van der Waals surface area (Å²) in [6, 6.07) is 0. The number of nitrogens with zero attached hydrogens (tertiary/aromatic N) is 1. The van der Waals surface area contributed by atoms with Crippen LogP contribution in [-0.2, 0) is 0 Å². The van der Waals surface area contributed by atoms with Crippen molar-refractivity contribution in [2.75, 3.05) is 0 Å². The molecule has 0 amide bonds. The van der Waals surface area contributed by atoms with Crippen molar-refractivity contribution >= 4 is 29.0 Å². The van der Waals surface area contributed by atoms with E-state index in [2.05, 4.69) is 21.7 Å². The molecule has 8 atom stereocenters. The Balaban J connectivity index is 1.48. The Hall–Kier alpha value is -0.250. The summed E-state index contributed by atoms with van der Waals surface area (Å²) in [5.74, 6) is 6.37. The summed E-state index contributed by atoms with van der Waals surface area (Å²) < 4.78 is 0. The molecule has 0 bridgehead atoms. The van der Waals surface area contributed by atoms with Crippen LogP contribution in [0, 0.1) is 35.5 Å². The van der Waals surface area contributed by atoms with Crippen LogP contribution in [0.1, 0.15) is 51.4 Å². The van der Waals surface area contributed by atoms with Crippen molar-refractivity contribution < 1.29 is 0 Å². The van der Waals surface area contributed by atoms with E-state index >= 15 is 0 Å². The molecular formula is C19H27Cl2N3. The van der Waals surface area contributed by atoms with E-state index in [1.807, 2.05) is 0 Å². The van der Waals surface area contributed by atoms with E-state index in [0.29, 0.717) is 5.92 Å². The van der Waals surface area contributed by atoms with E-state index in [4.69, 9.17) is 23.2 Å². The Morgan fingerprint density at radius 3 is 2.46 bits per heavy atom. The van der Waals surface area contributed by atoms with Gasteiger partial charge in [-0.2, -0.15) is 0 Å². The largest absolute Gasteiger partial charge is 0.342 e. The second-order valence-electron chi connectivity index (χ2n) is 8.51. The summed E-state index contributed by atoms with van der Waals surface area (Å²) >= 11 is 12.5. The zero-order valence-electron chi connectivity index (χ0n) is 14.1. The molecule has 3 nitrogen and oxygen atoms in total. The molecule has 0 radical (unpaired) electrons. The van der Waals surface area contributed by atoms with E-state index in [1.165, 1.54) is 56.9 Å². The van der Waals surface area contributed by atoms with Gasteiger partial charge in [0.25, 0.3) is 0 Å². The van der Waals surface area contributed by atoms with Gasteiger partial charge in [0.1, 0.15) is 5.84 Å². The van der Waals surface area contributed by atoms with Crippen molar-refractivity contribution in [3.8, 4) is 0 Å². The van der Waals surface area contributed by atoms with Gasteiger partial charge in [-0.3, -0.25) is 0 Å². The van der Waals surface area contributed by atoms with Gasteiger partial charge in [-0.25, -0.2) is 10.3 Å². The molecule has 0 aromatic carbocycles. The first-order chi connectivity index (χ1) is 11.7. The normalized spacial score (nSPS) is 50.2. The standard InChI is InChI=1S/C19H27Cl2N3/c20-18-22-17(23-19(21)24-18)14-9-7-12-5-4-10-2-1-3-11-6-8-13(14)16(12)15(10)11/h9-13,15-16,18-19,24H,1-8H2,(H,22,23). The Morgan fingerprint density at radius 1 is 0.917 bits per heavy atom. The van der Waals surface area contributed by atoms with Gasteiger partial charge < -0.3 is 5.32 Å². The fourth-order valence-electron chi connectivity index (χ4n) is 6.80. The first kappa shape index (κ1) is 16.0. The van der Waals surface area contributed by atoms with Gasteiger partial charge in [-0.05, 0) is 73.2 Å². The van der Waals surface area contributed by atoms with Gasteiger partial charge in [0, 0.05) is 0 Å². The fraction of sp³-hybridized carbons (Fsp3) is 0.842. The number of hydrogen-bond donors (Lipinski definition) is 2. The zero-order valence-corrected chi connectivity index (χ0v) is 15.6. The average Bonchev–Trinajstić information content (AvgIpc) is 2.58. The van der Waals surface area contributed by atoms with Gasteiger partial charge in [0.05, 0.1) is 0 Å². The van der Waals surface area contributed by atoms with Crippen LogP contribution < -0.4 is 10.6 Å². The van der Waals surface area contributed by atoms with E-state index in [9.17, 15) is 0 Å². The quantitative estimate of drug-likeness (QED) is 0.531. The van der Waals surface area contributed by atoms with Crippen LogP contribution >= 0.6 is 23.2 Å². The Labute approximate surface area is 154 Å². The molecule has 2 N–H and O–H groups in total. The van der Waals surface area contributed by atoms with Crippen LogP contribution in [0.3, 0.4) is 0 Å². The molecule has 8 unspecified atom stereocenters.